The van der Waals surface area contributed by atoms with Crippen molar-refractivity contribution in [2.75, 3.05) is 18.9 Å². The zero-order chi connectivity index (χ0) is 14.8. The third-order valence-corrected chi connectivity index (χ3v) is 3.68. The molecule has 0 aliphatic carbocycles. The smallest absolute Gasteiger partial charge is 0.355 e. The van der Waals surface area contributed by atoms with E-state index in [1.54, 1.807) is 16.8 Å². The minimum Gasteiger partial charge on any atom is -0.493 e. The topological polar surface area (TPSA) is 66.5 Å². The Morgan fingerprint density at radius 2 is 2.29 bits per heavy atom. The molecule has 0 bridgehead atoms. The molecule has 2 heterocycles. The van der Waals surface area contributed by atoms with Crippen molar-refractivity contribution < 1.29 is 14.3 Å². The highest BCUT2D eigenvalue weighted by Crippen LogP contribution is 2.33. The second-order valence-corrected chi connectivity index (χ2v) is 5.09. The van der Waals surface area contributed by atoms with Crippen LogP contribution in [0.15, 0.2) is 36.5 Å². The number of nitrogens with zero attached hydrogens (tertiary/aromatic N) is 1. The second-order valence-electron chi connectivity index (χ2n) is 5.09. The summed E-state index contributed by atoms with van der Waals surface area (Å²) in [6, 6.07) is 9.48. The molecule has 0 saturated heterocycles. The van der Waals surface area contributed by atoms with E-state index in [-0.39, 0.29) is 11.9 Å². The van der Waals surface area contributed by atoms with Gasteiger partial charge in [0.15, 0.2) is 0 Å². The molecule has 1 aromatic heterocycles. The Morgan fingerprint density at radius 3 is 3.10 bits per heavy atom. The van der Waals surface area contributed by atoms with Crippen LogP contribution in [0.4, 0.5) is 5.69 Å². The zero-order valence-corrected chi connectivity index (χ0v) is 11.9. The molecule has 0 radical (unpaired) electrons. The molecule has 21 heavy (non-hydrogen) atoms. The predicted molar refractivity (Wildman–Crippen MR) is 79.5 cm³/mol. The first-order valence-corrected chi connectivity index (χ1v) is 7.03. The minimum absolute atomic E-state index is 0.0903. The van der Waals surface area contributed by atoms with Crippen LogP contribution in [0.2, 0.25) is 0 Å². The number of nitrogen functional groups attached to an aromatic ring is 1. The van der Waals surface area contributed by atoms with Crippen molar-refractivity contribution >= 4 is 11.7 Å². The first kappa shape index (κ1) is 13.5. The number of anilines is 1. The van der Waals surface area contributed by atoms with Gasteiger partial charge in [0.2, 0.25) is 0 Å². The van der Waals surface area contributed by atoms with Crippen LogP contribution in [-0.2, 0) is 11.3 Å². The number of carbonyl (C=O) groups is 1. The van der Waals surface area contributed by atoms with Crippen LogP contribution < -0.4 is 10.5 Å². The molecule has 1 aliphatic heterocycles. The van der Waals surface area contributed by atoms with E-state index >= 15 is 0 Å². The van der Waals surface area contributed by atoms with E-state index in [0.29, 0.717) is 31.1 Å². The van der Waals surface area contributed by atoms with E-state index in [0.717, 1.165) is 11.3 Å². The summed E-state index contributed by atoms with van der Waals surface area (Å²) in [7, 11) is 0. The van der Waals surface area contributed by atoms with Gasteiger partial charge in [-0.15, -0.1) is 0 Å². The van der Waals surface area contributed by atoms with E-state index in [1.165, 1.54) is 0 Å². The maximum Gasteiger partial charge on any atom is 0.355 e. The summed E-state index contributed by atoms with van der Waals surface area (Å²) in [5.74, 6) is 0.616. The molecule has 1 atom stereocenters. The van der Waals surface area contributed by atoms with Crippen LogP contribution in [0.25, 0.3) is 0 Å². The standard InChI is InChI=1S/C16H18N2O3/c1-2-18-8-12(17)7-14(18)16(19)21-10-11-9-20-15-6-4-3-5-13(11)15/h3-8,11H,2,9-10,17H2,1H3. The van der Waals surface area contributed by atoms with Crippen molar-refractivity contribution in [1.29, 1.82) is 0 Å². The van der Waals surface area contributed by atoms with Gasteiger partial charge in [0, 0.05) is 18.3 Å². The van der Waals surface area contributed by atoms with Gasteiger partial charge in [0.25, 0.3) is 0 Å². The van der Waals surface area contributed by atoms with Crippen LogP contribution >= 0.6 is 0 Å². The van der Waals surface area contributed by atoms with Crippen molar-refractivity contribution in [1.82, 2.24) is 4.57 Å². The molecule has 0 amide bonds. The Kier molecular flexibility index (Phi) is 3.56. The maximum atomic E-state index is 12.2. The fourth-order valence-corrected chi connectivity index (χ4v) is 2.58. The minimum atomic E-state index is -0.349. The first-order valence-electron chi connectivity index (χ1n) is 7.03. The van der Waals surface area contributed by atoms with Crippen molar-refractivity contribution in [2.45, 2.75) is 19.4 Å². The van der Waals surface area contributed by atoms with Gasteiger partial charge in [-0.2, -0.15) is 0 Å². The summed E-state index contributed by atoms with van der Waals surface area (Å²) in [6.45, 7) is 3.49. The van der Waals surface area contributed by atoms with Gasteiger partial charge in [-0.25, -0.2) is 4.79 Å². The number of nitrogens with two attached hydrogens (primary N) is 1. The van der Waals surface area contributed by atoms with Crippen molar-refractivity contribution in [2.24, 2.45) is 0 Å². The number of benzene rings is 1. The molecule has 3 rings (SSSR count). The highest BCUT2D eigenvalue weighted by Gasteiger charge is 2.25. The van der Waals surface area contributed by atoms with E-state index in [9.17, 15) is 4.79 Å². The average molecular weight is 286 g/mol. The molecule has 5 heteroatoms. The number of carbonyl (C=O) groups excluding carboxylic acids is 1. The van der Waals surface area contributed by atoms with Gasteiger partial charge in [-0.05, 0) is 19.1 Å². The lowest BCUT2D eigenvalue weighted by atomic mass is 10.0. The van der Waals surface area contributed by atoms with E-state index in [2.05, 4.69) is 0 Å². The molecule has 0 fully saturated rings. The summed E-state index contributed by atoms with van der Waals surface area (Å²) < 4.78 is 12.8. The third-order valence-electron chi connectivity index (χ3n) is 3.68. The van der Waals surface area contributed by atoms with Crippen LogP contribution in [0.1, 0.15) is 28.9 Å². The first-order chi connectivity index (χ1) is 10.2. The van der Waals surface area contributed by atoms with Crippen LogP contribution in [0.3, 0.4) is 0 Å². The van der Waals surface area contributed by atoms with Gasteiger partial charge in [0.1, 0.15) is 18.1 Å². The molecule has 2 aromatic rings. The number of fused-ring (bicyclic) bond motifs is 1. The fraction of sp³-hybridized carbons (Fsp3) is 0.312. The average Bonchev–Trinajstić information content (AvgIpc) is 3.08. The number of hydrogen-bond donors (Lipinski definition) is 1. The highest BCUT2D eigenvalue weighted by atomic mass is 16.5. The summed E-state index contributed by atoms with van der Waals surface area (Å²) in [5, 5.41) is 0. The van der Waals surface area contributed by atoms with Gasteiger partial charge >= 0.3 is 5.97 Å². The number of aryl methyl sites for hydroxylation is 1. The lowest BCUT2D eigenvalue weighted by Gasteiger charge is -2.11. The van der Waals surface area contributed by atoms with Crippen molar-refractivity contribution in [3.05, 3.63) is 47.8 Å². The normalized spacial score (nSPS) is 16.3. The molecular weight excluding hydrogens is 268 g/mol. The van der Waals surface area contributed by atoms with Crippen molar-refractivity contribution in [3.8, 4) is 5.75 Å². The Bertz CT molecular complexity index is 663. The number of rotatable bonds is 4. The Balaban J connectivity index is 1.67. The number of para-hydroxylation sites is 1. The van der Waals surface area contributed by atoms with Gasteiger partial charge in [-0.3, -0.25) is 0 Å². The summed E-state index contributed by atoms with van der Waals surface area (Å²) in [5.41, 5.74) is 7.87. The highest BCUT2D eigenvalue weighted by molar-refractivity contribution is 5.89. The molecule has 110 valence electrons. The number of aromatic nitrogens is 1. The third kappa shape index (κ3) is 2.59. The lowest BCUT2D eigenvalue weighted by molar-refractivity contribution is 0.0458. The summed E-state index contributed by atoms with van der Waals surface area (Å²) >= 11 is 0. The number of ether oxygens (including phenoxy) is 2. The SMILES string of the molecule is CCn1cc(N)cc1C(=O)OCC1COc2ccccc21. The second kappa shape index (κ2) is 5.52. The molecule has 1 aliphatic rings. The molecule has 0 saturated carbocycles. The van der Waals surface area contributed by atoms with Gasteiger partial charge in [0.05, 0.1) is 18.2 Å². The van der Waals surface area contributed by atoms with Gasteiger partial charge in [-0.1, -0.05) is 18.2 Å². The zero-order valence-electron chi connectivity index (χ0n) is 11.9. The summed E-state index contributed by atoms with van der Waals surface area (Å²) in [4.78, 5) is 12.2. The molecule has 5 nitrogen and oxygen atoms in total. The van der Waals surface area contributed by atoms with E-state index in [1.807, 2.05) is 31.2 Å². The summed E-state index contributed by atoms with van der Waals surface area (Å²) in [6.07, 6.45) is 1.74. The Morgan fingerprint density at radius 1 is 1.48 bits per heavy atom. The predicted octanol–water partition coefficient (Wildman–Crippen LogP) is 2.42. The molecule has 1 unspecified atom stereocenters. The Labute approximate surface area is 123 Å². The largest absolute Gasteiger partial charge is 0.493 e. The van der Waals surface area contributed by atoms with Crippen LogP contribution in [-0.4, -0.2) is 23.8 Å². The molecule has 1 aromatic carbocycles. The fourth-order valence-electron chi connectivity index (χ4n) is 2.58. The van der Waals surface area contributed by atoms with E-state index < -0.39 is 0 Å². The quantitative estimate of drug-likeness (QED) is 0.877. The monoisotopic (exact) mass is 286 g/mol. The Hall–Kier alpha value is -2.43. The molecule has 0 spiro atoms. The number of hydrogen-bond acceptors (Lipinski definition) is 4. The lowest BCUT2D eigenvalue weighted by Crippen LogP contribution is -2.16. The van der Waals surface area contributed by atoms with Crippen LogP contribution in [0, 0.1) is 0 Å². The van der Waals surface area contributed by atoms with E-state index in [4.69, 9.17) is 15.2 Å². The number of esters is 1. The molecular formula is C16H18N2O3. The molecule has 2 N–H and O–H groups in total. The maximum absolute atomic E-state index is 12.2. The van der Waals surface area contributed by atoms with Crippen molar-refractivity contribution in [3.63, 3.8) is 0 Å². The van der Waals surface area contributed by atoms with Gasteiger partial charge < -0.3 is 19.8 Å². The van der Waals surface area contributed by atoms with Crippen LogP contribution in [0.5, 0.6) is 5.75 Å².